The molecule has 1 N–H and O–H groups in total. The molecule has 1 aliphatic rings. The van der Waals surface area contributed by atoms with Crippen molar-refractivity contribution in [1.29, 1.82) is 0 Å². The number of hydrogen-bond acceptors (Lipinski definition) is 3. The molecule has 0 atom stereocenters. The molecule has 3 rings (SSSR count). The van der Waals surface area contributed by atoms with Crippen molar-refractivity contribution in [2.45, 2.75) is 39.0 Å². The normalized spacial score (nSPS) is 14.1. The molecular formula is C16H17NO3. The van der Waals surface area contributed by atoms with Crippen LogP contribution in [0.1, 0.15) is 35.6 Å². The second-order valence-corrected chi connectivity index (χ2v) is 5.27. The van der Waals surface area contributed by atoms with Gasteiger partial charge in [-0.1, -0.05) is 12.1 Å². The van der Waals surface area contributed by atoms with E-state index in [0.717, 1.165) is 18.4 Å². The number of benzene rings is 1. The van der Waals surface area contributed by atoms with Crippen molar-refractivity contribution >= 4 is 5.97 Å². The van der Waals surface area contributed by atoms with Crippen LogP contribution in [0.2, 0.25) is 0 Å². The molecular weight excluding hydrogens is 254 g/mol. The van der Waals surface area contributed by atoms with Crippen molar-refractivity contribution in [2.24, 2.45) is 0 Å². The van der Waals surface area contributed by atoms with Gasteiger partial charge in [0.15, 0.2) is 5.89 Å². The Morgan fingerprint density at radius 2 is 2.05 bits per heavy atom. The second-order valence-electron chi connectivity index (χ2n) is 5.27. The summed E-state index contributed by atoms with van der Waals surface area (Å²) in [7, 11) is 0. The number of aryl methyl sites for hydroxylation is 3. The summed E-state index contributed by atoms with van der Waals surface area (Å²) in [5.74, 6) is 0.0418. The van der Waals surface area contributed by atoms with Crippen molar-refractivity contribution in [3.05, 3.63) is 41.0 Å². The van der Waals surface area contributed by atoms with E-state index in [1.54, 1.807) is 6.92 Å². The third kappa shape index (κ3) is 2.46. The van der Waals surface area contributed by atoms with Crippen LogP contribution in [0, 0.1) is 6.92 Å². The zero-order chi connectivity index (χ0) is 14.1. The fourth-order valence-corrected chi connectivity index (χ4v) is 2.83. The van der Waals surface area contributed by atoms with Crippen LogP contribution in [0.15, 0.2) is 22.6 Å². The molecule has 2 aromatic rings. The third-order valence-corrected chi connectivity index (χ3v) is 3.74. The molecule has 1 aromatic carbocycles. The summed E-state index contributed by atoms with van der Waals surface area (Å²) in [6.07, 6.45) is 4.56. The summed E-state index contributed by atoms with van der Waals surface area (Å²) in [5.41, 5.74) is 4.38. The molecule has 0 amide bonds. The van der Waals surface area contributed by atoms with Crippen LogP contribution in [0.5, 0.6) is 0 Å². The van der Waals surface area contributed by atoms with E-state index in [0.29, 0.717) is 17.3 Å². The van der Waals surface area contributed by atoms with E-state index in [1.165, 1.54) is 24.0 Å². The highest BCUT2D eigenvalue weighted by molar-refractivity contribution is 5.73. The molecule has 0 unspecified atom stereocenters. The van der Waals surface area contributed by atoms with Crippen LogP contribution in [-0.2, 0) is 24.1 Å². The zero-order valence-electron chi connectivity index (χ0n) is 11.5. The van der Waals surface area contributed by atoms with Gasteiger partial charge in [0.25, 0.3) is 0 Å². The molecule has 0 aliphatic heterocycles. The van der Waals surface area contributed by atoms with Gasteiger partial charge in [-0.2, -0.15) is 0 Å². The van der Waals surface area contributed by atoms with Crippen LogP contribution >= 0.6 is 0 Å². The molecule has 4 nitrogen and oxygen atoms in total. The van der Waals surface area contributed by atoms with Crippen molar-refractivity contribution in [1.82, 2.24) is 4.98 Å². The van der Waals surface area contributed by atoms with Crippen LogP contribution in [-0.4, -0.2) is 16.1 Å². The lowest BCUT2D eigenvalue weighted by Gasteiger charge is -2.16. The summed E-state index contributed by atoms with van der Waals surface area (Å²) in [6, 6.07) is 6.29. The van der Waals surface area contributed by atoms with Crippen LogP contribution in [0.3, 0.4) is 0 Å². The molecule has 1 aromatic heterocycles. The van der Waals surface area contributed by atoms with Crippen LogP contribution in [0.25, 0.3) is 11.3 Å². The maximum absolute atomic E-state index is 10.9. The number of carboxylic acid groups (broad SMARTS) is 1. The quantitative estimate of drug-likeness (QED) is 0.931. The predicted molar refractivity (Wildman–Crippen MR) is 74.7 cm³/mol. The summed E-state index contributed by atoms with van der Waals surface area (Å²) in [6.45, 7) is 1.74. The first-order valence-corrected chi connectivity index (χ1v) is 6.94. The minimum absolute atomic E-state index is 0.132. The van der Waals surface area contributed by atoms with Crippen molar-refractivity contribution < 1.29 is 14.3 Å². The van der Waals surface area contributed by atoms with Gasteiger partial charge in [0.05, 0.1) is 0 Å². The Bertz CT molecular complexity index is 658. The molecule has 20 heavy (non-hydrogen) atoms. The van der Waals surface area contributed by atoms with E-state index in [4.69, 9.17) is 9.52 Å². The molecule has 1 heterocycles. The highest BCUT2D eigenvalue weighted by atomic mass is 16.4. The number of aliphatic carboxylic acids is 1. The molecule has 0 saturated carbocycles. The lowest BCUT2D eigenvalue weighted by Crippen LogP contribution is -2.03. The van der Waals surface area contributed by atoms with Crippen LogP contribution < -0.4 is 0 Å². The summed E-state index contributed by atoms with van der Waals surface area (Å²) in [5, 5.41) is 8.95. The molecule has 0 fully saturated rings. The van der Waals surface area contributed by atoms with Crippen molar-refractivity contribution in [3.63, 3.8) is 0 Å². The van der Waals surface area contributed by atoms with Gasteiger partial charge in [0, 0.05) is 12.5 Å². The van der Waals surface area contributed by atoms with Gasteiger partial charge < -0.3 is 9.52 Å². The molecule has 0 radical (unpaired) electrons. The molecule has 0 spiro atoms. The largest absolute Gasteiger partial charge is 0.481 e. The average molecular weight is 271 g/mol. The van der Waals surface area contributed by atoms with Crippen molar-refractivity contribution in [2.75, 3.05) is 0 Å². The Labute approximate surface area is 117 Å². The highest BCUT2D eigenvalue weighted by Gasteiger charge is 2.18. The summed E-state index contributed by atoms with van der Waals surface area (Å²) < 4.78 is 5.43. The van der Waals surface area contributed by atoms with Gasteiger partial charge in [-0.15, -0.1) is 0 Å². The van der Waals surface area contributed by atoms with Crippen molar-refractivity contribution in [3.8, 4) is 11.3 Å². The number of fused-ring (bicyclic) bond motifs is 1. The lowest BCUT2D eigenvalue weighted by molar-refractivity contribution is -0.136. The number of nitrogens with zero attached hydrogens (tertiary/aromatic N) is 1. The van der Waals surface area contributed by atoms with E-state index >= 15 is 0 Å². The number of rotatable bonds is 3. The van der Waals surface area contributed by atoms with Gasteiger partial charge in [-0.3, -0.25) is 4.79 Å². The third-order valence-electron chi connectivity index (χ3n) is 3.74. The monoisotopic (exact) mass is 271 g/mol. The SMILES string of the molecule is Cc1nc(-c2ccc3c(c2)CCCC3)c(CC(=O)O)o1. The minimum Gasteiger partial charge on any atom is -0.481 e. The van der Waals surface area contributed by atoms with Crippen LogP contribution in [0.4, 0.5) is 0 Å². The maximum Gasteiger partial charge on any atom is 0.311 e. The number of hydrogen-bond donors (Lipinski definition) is 1. The van der Waals surface area contributed by atoms with E-state index < -0.39 is 5.97 Å². The molecule has 104 valence electrons. The number of oxazole rings is 1. The maximum atomic E-state index is 10.9. The Morgan fingerprint density at radius 1 is 1.30 bits per heavy atom. The first kappa shape index (κ1) is 12.9. The van der Waals surface area contributed by atoms with E-state index in [2.05, 4.69) is 17.1 Å². The lowest BCUT2D eigenvalue weighted by atomic mass is 9.90. The minimum atomic E-state index is -0.902. The van der Waals surface area contributed by atoms with Gasteiger partial charge in [0.2, 0.25) is 0 Å². The Balaban J connectivity index is 2.02. The Kier molecular flexibility index (Phi) is 3.30. The highest BCUT2D eigenvalue weighted by Crippen LogP contribution is 2.29. The Hall–Kier alpha value is -2.10. The number of carboxylic acids is 1. The smallest absolute Gasteiger partial charge is 0.311 e. The van der Waals surface area contributed by atoms with E-state index in [-0.39, 0.29) is 6.42 Å². The topological polar surface area (TPSA) is 63.3 Å². The average Bonchev–Trinajstić information content (AvgIpc) is 2.78. The standard InChI is InChI=1S/C16H17NO3/c1-10-17-16(14(20-10)9-15(18)19)13-7-6-11-4-2-3-5-12(11)8-13/h6-8H,2-5,9H2,1H3,(H,18,19). The summed E-state index contributed by atoms with van der Waals surface area (Å²) in [4.78, 5) is 15.3. The fourth-order valence-electron chi connectivity index (χ4n) is 2.83. The fraction of sp³-hybridized carbons (Fsp3) is 0.375. The molecule has 1 aliphatic carbocycles. The van der Waals surface area contributed by atoms with Gasteiger partial charge >= 0.3 is 5.97 Å². The molecule has 0 bridgehead atoms. The molecule has 0 saturated heterocycles. The van der Waals surface area contributed by atoms with E-state index in [1.807, 2.05) is 6.07 Å². The first-order chi connectivity index (χ1) is 9.63. The number of carbonyl (C=O) groups is 1. The molecule has 4 heteroatoms. The zero-order valence-corrected chi connectivity index (χ0v) is 11.5. The number of aromatic nitrogens is 1. The predicted octanol–water partition coefficient (Wildman–Crippen LogP) is 3.16. The Morgan fingerprint density at radius 3 is 2.80 bits per heavy atom. The first-order valence-electron chi connectivity index (χ1n) is 6.94. The summed E-state index contributed by atoms with van der Waals surface area (Å²) >= 11 is 0. The van der Waals surface area contributed by atoms with Gasteiger partial charge in [-0.05, 0) is 42.9 Å². The van der Waals surface area contributed by atoms with E-state index in [9.17, 15) is 4.79 Å². The second kappa shape index (κ2) is 5.12. The van der Waals surface area contributed by atoms with Gasteiger partial charge in [-0.25, -0.2) is 4.98 Å². The van der Waals surface area contributed by atoms with Gasteiger partial charge in [0.1, 0.15) is 17.9 Å².